The predicted molar refractivity (Wildman–Crippen MR) is 98.7 cm³/mol. The third kappa shape index (κ3) is 2.85. The molecule has 3 aromatic rings. The number of aryl methyl sites for hydroxylation is 1. The number of nitrogens with zero attached hydrogens (tertiary/aromatic N) is 4. The SMILES string of the molecule is Cn1c(=O)c2[nH]c(-c3ccc(C(=O)N4CCOCC4)cc3)nc2n(C)c1=O. The molecule has 2 aromatic heterocycles. The Kier molecular flexibility index (Phi) is 4.15. The fourth-order valence-electron chi connectivity index (χ4n) is 3.18. The largest absolute Gasteiger partial charge is 0.378 e. The quantitative estimate of drug-likeness (QED) is 0.690. The van der Waals surface area contributed by atoms with E-state index >= 15 is 0 Å². The van der Waals surface area contributed by atoms with Gasteiger partial charge in [0.15, 0.2) is 5.65 Å². The number of benzene rings is 1. The van der Waals surface area contributed by atoms with Crippen molar-refractivity contribution >= 4 is 17.1 Å². The Balaban J connectivity index is 1.69. The number of hydrogen-bond acceptors (Lipinski definition) is 5. The normalized spacial score (nSPS) is 14.7. The van der Waals surface area contributed by atoms with Crippen LogP contribution in [0.1, 0.15) is 10.4 Å². The monoisotopic (exact) mass is 369 g/mol. The molecule has 9 heteroatoms. The number of carbonyl (C=O) groups is 1. The van der Waals surface area contributed by atoms with Gasteiger partial charge in [0, 0.05) is 38.3 Å². The van der Waals surface area contributed by atoms with Gasteiger partial charge < -0.3 is 14.6 Å². The summed E-state index contributed by atoms with van der Waals surface area (Å²) in [7, 11) is 3.00. The minimum absolute atomic E-state index is 0.0364. The van der Waals surface area contributed by atoms with Crippen molar-refractivity contribution in [2.24, 2.45) is 14.1 Å². The second-order valence-corrected chi connectivity index (χ2v) is 6.47. The van der Waals surface area contributed by atoms with Crippen molar-refractivity contribution in [3.63, 3.8) is 0 Å². The van der Waals surface area contributed by atoms with E-state index in [1.54, 1.807) is 36.2 Å². The van der Waals surface area contributed by atoms with E-state index in [0.717, 1.165) is 10.1 Å². The summed E-state index contributed by atoms with van der Waals surface area (Å²) < 4.78 is 7.63. The molecule has 1 aliphatic rings. The Labute approximate surface area is 153 Å². The zero-order valence-corrected chi connectivity index (χ0v) is 15.1. The standard InChI is InChI=1S/C18H19N5O4/c1-21-15-13(17(25)22(2)18(21)26)19-14(20-15)11-3-5-12(6-4-11)16(24)23-7-9-27-10-8-23/h3-6H,7-10H2,1-2H3,(H,19,20). The molecule has 0 spiro atoms. The summed E-state index contributed by atoms with van der Waals surface area (Å²) in [6.07, 6.45) is 0. The summed E-state index contributed by atoms with van der Waals surface area (Å²) in [4.78, 5) is 46.0. The van der Waals surface area contributed by atoms with Gasteiger partial charge in [0.25, 0.3) is 11.5 Å². The average molecular weight is 369 g/mol. The number of H-pyrrole nitrogens is 1. The summed E-state index contributed by atoms with van der Waals surface area (Å²) in [5.41, 5.74) is 1.01. The third-order valence-corrected chi connectivity index (χ3v) is 4.80. The van der Waals surface area contributed by atoms with E-state index < -0.39 is 11.2 Å². The van der Waals surface area contributed by atoms with Crippen LogP contribution in [0.3, 0.4) is 0 Å². The van der Waals surface area contributed by atoms with Crippen LogP contribution in [0.25, 0.3) is 22.6 Å². The maximum Gasteiger partial charge on any atom is 0.332 e. The molecule has 3 heterocycles. The predicted octanol–water partition coefficient (Wildman–Crippen LogP) is 0.0997. The number of nitrogens with one attached hydrogen (secondary N) is 1. The summed E-state index contributed by atoms with van der Waals surface area (Å²) in [5, 5.41) is 0. The van der Waals surface area contributed by atoms with Gasteiger partial charge in [0.1, 0.15) is 11.3 Å². The molecule has 1 fully saturated rings. The fraction of sp³-hybridized carbons (Fsp3) is 0.333. The molecule has 1 aliphatic heterocycles. The van der Waals surface area contributed by atoms with E-state index in [9.17, 15) is 14.4 Å². The number of imidazole rings is 1. The van der Waals surface area contributed by atoms with E-state index in [2.05, 4.69) is 9.97 Å². The van der Waals surface area contributed by atoms with Crippen LogP contribution in [0.4, 0.5) is 0 Å². The average Bonchev–Trinajstić information content (AvgIpc) is 3.16. The second kappa shape index (κ2) is 6.51. The highest BCUT2D eigenvalue weighted by Gasteiger charge is 2.19. The van der Waals surface area contributed by atoms with Crippen molar-refractivity contribution in [2.45, 2.75) is 0 Å². The molecule has 1 aromatic carbocycles. The Hall–Kier alpha value is -3.20. The van der Waals surface area contributed by atoms with Gasteiger partial charge in [-0.15, -0.1) is 0 Å². The van der Waals surface area contributed by atoms with Crippen LogP contribution in [-0.4, -0.2) is 56.2 Å². The van der Waals surface area contributed by atoms with Crippen molar-refractivity contribution in [1.29, 1.82) is 0 Å². The lowest BCUT2D eigenvalue weighted by Crippen LogP contribution is -2.40. The highest BCUT2D eigenvalue weighted by Crippen LogP contribution is 2.19. The first kappa shape index (κ1) is 17.2. The van der Waals surface area contributed by atoms with Crippen LogP contribution >= 0.6 is 0 Å². The van der Waals surface area contributed by atoms with E-state index in [1.165, 1.54) is 11.6 Å². The highest BCUT2D eigenvalue weighted by atomic mass is 16.5. The van der Waals surface area contributed by atoms with Crippen molar-refractivity contribution < 1.29 is 9.53 Å². The first-order chi connectivity index (χ1) is 13.0. The zero-order valence-electron chi connectivity index (χ0n) is 15.1. The number of aromatic nitrogens is 4. The van der Waals surface area contributed by atoms with E-state index in [1.807, 2.05) is 0 Å². The smallest absolute Gasteiger partial charge is 0.332 e. The molecule has 1 saturated heterocycles. The van der Waals surface area contributed by atoms with Gasteiger partial charge in [-0.05, 0) is 12.1 Å². The first-order valence-electron chi connectivity index (χ1n) is 8.60. The van der Waals surface area contributed by atoms with Gasteiger partial charge in [-0.1, -0.05) is 12.1 Å². The zero-order chi connectivity index (χ0) is 19.1. The Morgan fingerprint density at radius 2 is 1.74 bits per heavy atom. The van der Waals surface area contributed by atoms with Gasteiger partial charge in [-0.3, -0.25) is 18.7 Å². The number of fused-ring (bicyclic) bond motifs is 1. The lowest BCUT2D eigenvalue weighted by molar-refractivity contribution is 0.0303. The van der Waals surface area contributed by atoms with Crippen LogP contribution < -0.4 is 11.2 Å². The van der Waals surface area contributed by atoms with Crippen LogP contribution in [0.5, 0.6) is 0 Å². The van der Waals surface area contributed by atoms with Crippen molar-refractivity contribution in [3.05, 3.63) is 50.7 Å². The van der Waals surface area contributed by atoms with Crippen molar-refractivity contribution in [3.8, 4) is 11.4 Å². The van der Waals surface area contributed by atoms with Crippen LogP contribution in [-0.2, 0) is 18.8 Å². The molecule has 1 N–H and O–H groups in total. The molecule has 0 atom stereocenters. The molecule has 0 radical (unpaired) electrons. The molecular weight excluding hydrogens is 350 g/mol. The summed E-state index contributed by atoms with van der Waals surface area (Å²) in [6, 6.07) is 7.01. The molecule has 4 rings (SSSR count). The Morgan fingerprint density at radius 3 is 2.41 bits per heavy atom. The second-order valence-electron chi connectivity index (χ2n) is 6.47. The maximum absolute atomic E-state index is 12.5. The molecule has 0 saturated carbocycles. The van der Waals surface area contributed by atoms with E-state index in [-0.39, 0.29) is 11.4 Å². The maximum atomic E-state index is 12.5. The van der Waals surface area contributed by atoms with Crippen LogP contribution in [0, 0.1) is 0 Å². The number of carbonyl (C=O) groups excluding carboxylic acids is 1. The third-order valence-electron chi connectivity index (χ3n) is 4.80. The van der Waals surface area contributed by atoms with Gasteiger partial charge >= 0.3 is 5.69 Å². The molecule has 0 bridgehead atoms. The van der Waals surface area contributed by atoms with Gasteiger partial charge in [-0.25, -0.2) is 9.78 Å². The summed E-state index contributed by atoms with van der Waals surface area (Å²) >= 11 is 0. The number of rotatable bonds is 2. The molecule has 0 aliphatic carbocycles. The van der Waals surface area contributed by atoms with Crippen molar-refractivity contribution in [1.82, 2.24) is 24.0 Å². The van der Waals surface area contributed by atoms with Gasteiger partial charge in [-0.2, -0.15) is 0 Å². The topological polar surface area (TPSA) is 102 Å². The van der Waals surface area contributed by atoms with Gasteiger partial charge in [0.05, 0.1) is 13.2 Å². The molecular formula is C18H19N5O4. The van der Waals surface area contributed by atoms with Crippen molar-refractivity contribution in [2.75, 3.05) is 26.3 Å². The lowest BCUT2D eigenvalue weighted by Gasteiger charge is -2.26. The Bertz CT molecular complexity index is 1130. The molecule has 27 heavy (non-hydrogen) atoms. The van der Waals surface area contributed by atoms with Gasteiger partial charge in [0.2, 0.25) is 0 Å². The summed E-state index contributed by atoms with van der Waals surface area (Å²) in [5.74, 6) is 0.430. The van der Waals surface area contributed by atoms with E-state index in [4.69, 9.17) is 4.74 Å². The molecule has 9 nitrogen and oxygen atoms in total. The van der Waals surface area contributed by atoms with Crippen LogP contribution in [0.15, 0.2) is 33.9 Å². The first-order valence-corrected chi connectivity index (χ1v) is 8.60. The number of aromatic amines is 1. The Morgan fingerprint density at radius 1 is 1.07 bits per heavy atom. The van der Waals surface area contributed by atoms with E-state index in [0.29, 0.717) is 43.3 Å². The summed E-state index contributed by atoms with van der Waals surface area (Å²) in [6.45, 7) is 2.27. The number of morpholine rings is 1. The minimum Gasteiger partial charge on any atom is -0.378 e. The van der Waals surface area contributed by atoms with Crippen LogP contribution in [0.2, 0.25) is 0 Å². The number of hydrogen-bond donors (Lipinski definition) is 1. The molecule has 140 valence electrons. The molecule has 0 unspecified atom stereocenters. The lowest BCUT2D eigenvalue weighted by atomic mass is 10.1. The minimum atomic E-state index is -0.433. The number of amides is 1. The molecule has 1 amide bonds. The highest BCUT2D eigenvalue weighted by molar-refractivity contribution is 5.94. The number of ether oxygens (including phenoxy) is 1. The fourth-order valence-corrected chi connectivity index (χ4v) is 3.18.